The van der Waals surface area contributed by atoms with E-state index in [-0.39, 0.29) is 6.04 Å². The van der Waals surface area contributed by atoms with Crippen molar-refractivity contribution < 1.29 is 0 Å². The Morgan fingerprint density at radius 2 is 1.76 bits per heavy atom. The second-order valence-electron chi connectivity index (χ2n) is 5.96. The summed E-state index contributed by atoms with van der Waals surface area (Å²) >= 11 is 3.49. The van der Waals surface area contributed by atoms with E-state index in [1.54, 1.807) is 22.7 Å². The summed E-state index contributed by atoms with van der Waals surface area (Å²) in [5.41, 5.74) is 3.35. The number of hydrogen-bond donors (Lipinski definition) is 0. The van der Waals surface area contributed by atoms with Crippen LogP contribution >= 0.6 is 22.7 Å². The summed E-state index contributed by atoms with van der Waals surface area (Å²) in [7, 11) is 0. The van der Waals surface area contributed by atoms with E-state index in [4.69, 9.17) is 10.1 Å². The highest BCUT2D eigenvalue weighted by Crippen LogP contribution is 2.41. The van der Waals surface area contributed by atoms with Crippen molar-refractivity contribution in [1.29, 1.82) is 0 Å². The van der Waals surface area contributed by atoms with Gasteiger partial charge in [0.25, 0.3) is 0 Å². The van der Waals surface area contributed by atoms with Crippen LogP contribution in [-0.2, 0) is 0 Å². The topological polar surface area (TPSA) is 28.5 Å². The van der Waals surface area contributed by atoms with Gasteiger partial charge in [-0.1, -0.05) is 59.9 Å². The van der Waals surface area contributed by atoms with Gasteiger partial charge >= 0.3 is 0 Å². The molecule has 0 bridgehead atoms. The summed E-state index contributed by atoms with van der Waals surface area (Å²) in [5, 5.41) is 10.2. The molecule has 3 heterocycles. The molecule has 5 rings (SSSR count). The molecule has 1 atom stereocenters. The Balaban J connectivity index is 1.60. The van der Waals surface area contributed by atoms with Gasteiger partial charge in [0.2, 0.25) is 5.13 Å². The number of fused-ring (bicyclic) bond motifs is 1. The number of hydrogen-bond acceptors (Lipinski definition) is 5. The third-order valence-electron chi connectivity index (χ3n) is 4.37. The molecular weight excluding hydrogens is 346 g/mol. The molecule has 0 N–H and O–H groups in total. The Morgan fingerprint density at radius 3 is 2.56 bits per heavy atom. The molecule has 3 nitrogen and oxygen atoms in total. The number of thiazole rings is 1. The van der Waals surface area contributed by atoms with Gasteiger partial charge in [0, 0.05) is 11.3 Å². The van der Waals surface area contributed by atoms with Crippen molar-refractivity contribution in [3.63, 3.8) is 0 Å². The molecule has 0 saturated carbocycles. The zero-order chi connectivity index (χ0) is 16.6. The fourth-order valence-electron chi connectivity index (χ4n) is 3.15. The van der Waals surface area contributed by atoms with Crippen LogP contribution in [0.5, 0.6) is 0 Å². The van der Waals surface area contributed by atoms with Crippen molar-refractivity contribution in [1.82, 2.24) is 4.98 Å². The molecule has 0 amide bonds. The normalized spacial score (nSPS) is 17.2. The van der Waals surface area contributed by atoms with Gasteiger partial charge in [-0.15, -0.1) is 11.3 Å². The minimum atomic E-state index is 0.218. The molecule has 0 radical (unpaired) electrons. The van der Waals surface area contributed by atoms with E-state index in [9.17, 15) is 0 Å². The summed E-state index contributed by atoms with van der Waals surface area (Å²) in [6.45, 7) is 0. The smallest absolute Gasteiger partial charge is 0.207 e. The van der Waals surface area contributed by atoms with E-state index in [1.165, 1.54) is 15.1 Å². The van der Waals surface area contributed by atoms with Crippen molar-refractivity contribution in [3.05, 3.63) is 82.6 Å². The number of rotatable bonds is 3. The van der Waals surface area contributed by atoms with Gasteiger partial charge in [-0.05, 0) is 29.1 Å². The minimum Gasteiger partial charge on any atom is -0.230 e. The summed E-state index contributed by atoms with van der Waals surface area (Å²) < 4.78 is 1.20. The molecule has 0 aliphatic carbocycles. The molecule has 0 fully saturated rings. The van der Waals surface area contributed by atoms with Gasteiger partial charge < -0.3 is 0 Å². The molecule has 0 spiro atoms. The highest BCUT2D eigenvalue weighted by atomic mass is 32.1. The van der Waals surface area contributed by atoms with Crippen LogP contribution in [0.1, 0.15) is 22.9 Å². The van der Waals surface area contributed by atoms with E-state index in [2.05, 4.69) is 65.0 Å². The first-order valence-electron chi connectivity index (χ1n) is 8.19. The fraction of sp³-hybridized carbons (Fsp3) is 0.100. The minimum absolute atomic E-state index is 0.218. The Kier molecular flexibility index (Phi) is 3.61. The predicted octanol–water partition coefficient (Wildman–Crippen LogP) is 5.71. The lowest BCUT2D eigenvalue weighted by atomic mass is 10.0. The van der Waals surface area contributed by atoms with E-state index < -0.39 is 0 Å². The second-order valence-corrected chi connectivity index (χ2v) is 7.95. The van der Waals surface area contributed by atoms with E-state index >= 15 is 0 Å². The molecule has 5 heteroatoms. The highest BCUT2D eigenvalue weighted by Gasteiger charge is 2.32. The van der Waals surface area contributed by atoms with Crippen molar-refractivity contribution in [3.8, 4) is 0 Å². The number of para-hydroxylation sites is 1. The molecule has 2 aromatic heterocycles. The molecule has 122 valence electrons. The zero-order valence-electron chi connectivity index (χ0n) is 13.4. The number of benzene rings is 2. The van der Waals surface area contributed by atoms with Gasteiger partial charge in [-0.25, -0.2) is 9.99 Å². The molecule has 1 unspecified atom stereocenters. The first kappa shape index (κ1) is 14.8. The third kappa shape index (κ3) is 2.65. The quantitative estimate of drug-likeness (QED) is 0.467. The monoisotopic (exact) mass is 361 g/mol. The average molecular weight is 361 g/mol. The van der Waals surface area contributed by atoms with Gasteiger partial charge in [0.05, 0.1) is 22.0 Å². The van der Waals surface area contributed by atoms with Crippen LogP contribution in [0.4, 0.5) is 5.13 Å². The van der Waals surface area contributed by atoms with Gasteiger partial charge in [0.1, 0.15) is 0 Å². The van der Waals surface area contributed by atoms with Crippen LogP contribution in [0.3, 0.4) is 0 Å². The molecule has 2 aromatic carbocycles. The van der Waals surface area contributed by atoms with Crippen molar-refractivity contribution in [2.45, 2.75) is 12.5 Å². The summed E-state index contributed by atoms with van der Waals surface area (Å²) in [6.07, 6.45) is 0.903. The van der Waals surface area contributed by atoms with Crippen LogP contribution in [0.25, 0.3) is 10.2 Å². The lowest BCUT2D eigenvalue weighted by molar-refractivity contribution is 0.720. The Hall–Kier alpha value is -2.50. The maximum atomic E-state index is 4.97. The lowest BCUT2D eigenvalue weighted by Gasteiger charge is -2.19. The molecular formula is C20H15N3S2. The second kappa shape index (κ2) is 6.10. The van der Waals surface area contributed by atoms with Crippen LogP contribution in [-0.4, -0.2) is 10.7 Å². The van der Waals surface area contributed by atoms with Crippen LogP contribution in [0.2, 0.25) is 0 Å². The van der Waals surface area contributed by atoms with Gasteiger partial charge in [0.15, 0.2) is 0 Å². The molecule has 1 aliphatic rings. The van der Waals surface area contributed by atoms with Gasteiger partial charge in [-0.2, -0.15) is 5.10 Å². The number of aromatic nitrogens is 1. The Labute approximate surface area is 153 Å². The van der Waals surface area contributed by atoms with Crippen LogP contribution < -0.4 is 5.01 Å². The average Bonchev–Trinajstić information content (AvgIpc) is 3.39. The highest BCUT2D eigenvalue weighted by molar-refractivity contribution is 7.22. The van der Waals surface area contributed by atoms with E-state index in [0.717, 1.165) is 22.8 Å². The van der Waals surface area contributed by atoms with E-state index in [0.29, 0.717) is 0 Å². The number of anilines is 1. The Morgan fingerprint density at radius 1 is 0.920 bits per heavy atom. The molecule has 0 saturated heterocycles. The van der Waals surface area contributed by atoms with Crippen LogP contribution in [0.15, 0.2) is 77.2 Å². The molecule has 25 heavy (non-hydrogen) atoms. The number of thiophene rings is 1. The summed E-state index contributed by atoms with van der Waals surface area (Å²) in [4.78, 5) is 6.15. The maximum Gasteiger partial charge on any atom is 0.207 e. The van der Waals surface area contributed by atoms with Crippen molar-refractivity contribution >= 4 is 43.7 Å². The first-order chi connectivity index (χ1) is 12.4. The summed E-state index contributed by atoms with van der Waals surface area (Å²) in [6, 6.07) is 23.2. The lowest BCUT2D eigenvalue weighted by Crippen LogP contribution is -2.17. The predicted molar refractivity (Wildman–Crippen MR) is 107 cm³/mol. The van der Waals surface area contributed by atoms with Crippen LogP contribution in [0, 0.1) is 0 Å². The largest absolute Gasteiger partial charge is 0.230 e. The SMILES string of the molecule is c1ccc(C2=NN(c3nc4ccccc4s3)C(c3cccs3)C2)cc1. The van der Waals surface area contributed by atoms with Crippen molar-refractivity contribution in [2.24, 2.45) is 5.10 Å². The van der Waals surface area contributed by atoms with Crippen molar-refractivity contribution in [2.75, 3.05) is 5.01 Å². The third-order valence-corrected chi connectivity index (χ3v) is 6.37. The summed E-state index contributed by atoms with van der Waals surface area (Å²) in [5.74, 6) is 0. The maximum absolute atomic E-state index is 4.97. The number of nitrogens with zero attached hydrogens (tertiary/aromatic N) is 3. The Bertz CT molecular complexity index is 1000. The van der Waals surface area contributed by atoms with E-state index in [1.807, 2.05) is 12.1 Å². The molecule has 1 aliphatic heterocycles. The fourth-order valence-corrected chi connectivity index (χ4v) is 4.93. The van der Waals surface area contributed by atoms with Gasteiger partial charge in [-0.3, -0.25) is 0 Å². The molecule has 4 aromatic rings. The standard InChI is InChI=1S/C20H15N3S2/c1-2-7-14(8-3-1)16-13-17(19-11-6-12-24-19)23(22-16)20-21-15-9-4-5-10-18(15)25-20/h1-12,17H,13H2. The first-order valence-corrected chi connectivity index (χ1v) is 9.89. The number of hydrazone groups is 1. The zero-order valence-corrected chi connectivity index (χ0v) is 15.0.